The van der Waals surface area contributed by atoms with Crippen molar-refractivity contribution in [1.29, 1.82) is 0 Å². The van der Waals surface area contributed by atoms with Crippen molar-refractivity contribution in [1.82, 2.24) is 4.98 Å². The van der Waals surface area contributed by atoms with E-state index >= 15 is 0 Å². The molecule has 0 radical (unpaired) electrons. The number of hydrogen-bond donors (Lipinski definition) is 1. The molecule has 0 amide bonds. The lowest BCUT2D eigenvalue weighted by molar-refractivity contribution is 1.30. The molecule has 0 aliphatic carbocycles. The molecular formula is C23H16N2. The number of rotatable bonds is 2. The largest absolute Gasteiger partial charge is 0.354 e. The fourth-order valence-electron chi connectivity index (χ4n) is 3.40. The lowest BCUT2D eigenvalue weighted by atomic mass is 10.0. The van der Waals surface area contributed by atoms with E-state index in [0.29, 0.717) is 0 Å². The summed E-state index contributed by atoms with van der Waals surface area (Å²) in [7, 11) is 0. The smallest absolute Gasteiger partial charge is 0.0743 e. The third-order valence-corrected chi connectivity index (χ3v) is 4.59. The number of H-pyrrole nitrogens is 1. The standard InChI is InChI=1S/C23H16N2/c1-2-8-16(9-3-1)23(21-14-17-10-4-6-12-19(17)24-21)22-15-18-11-5-7-13-20(18)25-22/h1-15,24H/b23-22+. The molecule has 0 atom stereocenters. The number of aromatic nitrogens is 1. The summed E-state index contributed by atoms with van der Waals surface area (Å²) < 4.78 is 0. The van der Waals surface area contributed by atoms with E-state index in [-0.39, 0.29) is 0 Å². The maximum Gasteiger partial charge on any atom is 0.0743 e. The van der Waals surface area contributed by atoms with E-state index in [4.69, 9.17) is 4.99 Å². The molecule has 1 aliphatic rings. The predicted octanol–water partition coefficient (Wildman–Crippen LogP) is 4.04. The van der Waals surface area contributed by atoms with Gasteiger partial charge in [0.15, 0.2) is 0 Å². The van der Waals surface area contributed by atoms with E-state index in [1.165, 1.54) is 10.6 Å². The quantitative estimate of drug-likeness (QED) is 0.577. The minimum Gasteiger partial charge on any atom is -0.354 e. The van der Waals surface area contributed by atoms with Gasteiger partial charge in [0.25, 0.3) is 0 Å². The molecule has 2 nitrogen and oxygen atoms in total. The van der Waals surface area contributed by atoms with Crippen molar-refractivity contribution in [2.75, 3.05) is 0 Å². The second-order valence-electron chi connectivity index (χ2n) is 6.21. The zero-order valence-electron chi connectivity index (χ0n) is 13.6. The highest BCUT2D eigenvalue weighted by Gasteiger charge is 2.15. The van der Waals surface area contributed by atoms with Gasteiger partial charge in [-0.1, -0.05) is 66.7 Å². The number of para-hydroxylation sites is 2. The summed E-state index contributed by atoms with van der Waals surface area (Å²) >= 11 is 0. The Labute approximate surface area is 145 Å². The highest BCUT2D eigenvalue weighted by Crippen LogP contribution is 2.30. The van der Waals surface area contributed by atoms with Gasteiger partial charge in [-0.3, -0.25) is 0 Å². The van der Waals surface area contributed by atoms with Crippen molar-refractivity contribution in [2.45, 2.75) is 0 Å². The molecule has 0 saturated carbocycles. The van der Waals surface area contributed by atoms with Gasteiger partial charge in [0.05, 0.1) is 11.1 Å². The highest BCUT2D eigenvalue weighted by atomic mass is 14.8. The molecule has 3 aromatic carbocycles. The Hall–Kier alpha value is -3.39. The first kappa shape index (κ1) is 14.0. The van der Waals surface area contributed by atoms with E-state index in [2.05, 4.69) is 83.9 Å². The first-order valence-corrected chi connectivity index (χ1v) is 8.42. The van der Waals surface area contributed by atoms with Crippen LogP contribution >= 0.6 is 0 Å². The van der Waals surface area contributed by atoms with Crippen LogP contribution in [0, 0.1) is 0 Å². The number of benzene rings is 3. The zero-order chi connectivity index (χ0) is 16.6. The average Bonchev–Trinajstić information content (AvgIpc) is 3.26. The van der Waals surface area contributed by atoms with Crippen molar-refractivity contribution in [3.8, 4) is 0 Å². The summed E-state index contributed by atoms with van der Waals surface area (Å²) in [6.07, 6.45) is 2.17. The van der Waals surface area contributed by atoms with E-state index in [0.717, 1.165) is 33.4 Å². The molecule has 2 heterocycles. The van der Waals surface area contributed by atoms with Gasteiger partial charge in [0.1, 0.15) is 0 Å². The highest BCUT2D eigenvalue weighted by molar-refractivity contribution is 5.92. The Bertz CT molecular complexity index is 1160. The Morgan fingerprint density at radius 3 is 2.36 bits per heavy atom. The van der Waals surface area contributed by atoms with Gasteiger partial charge >= 0.3 is 0 Å². The van der Waals surface area contributed by atoms with Gasteiger partial charge in [0, 0.05) is 27.4 Å². The summed E-state index contributed by atoms with van der Waals surface area (Å²) in [5.74, 6) is 0. The molecule has 0 saturated heterocycles. The lowest BCUT2D eigenvalue weighted by Crippen LogP contribution is -2.19. The van der Waals surface area contributed by atoms with Crippen LogP contribution in [0.1, 0.15) is 11.3 Å². The van der Waals surface area contributed by atoms with Crippen LogP contribution in [-0.2, 0) is 0 Å². The maximum atomic E-state index is 4.88. The Morgan fingerprint density at radius 2 is 1.52 bits per heavy atom. The monoisotopic (exact) mass is 320 g/mol. The number of allylic oxidation sites excluding steroid dienone is 1. The fourth-order valence-corrected chi connectivity index (χ4v) is 3.40. The summed E-state index contributed by atoms with van der Waals surface area (Å²) in [4.78, 5) is 8.44. The summed E-state index contributed by atoms with van der Waals surface area (Å²) in [5.41, 5.74) is 5.53. The Morgan fingerprint density at radius 1 is 0.760 bits per heavy atom. The van der Waals surface area contributed by atoms with Crippen molar-refractivity contribution in [3.05, 3.63) is 112 Å². The number of fused-ring (bicyclic) bond motifs is 2. The van der Waals surface area contributed by atoms with Crippen LogP contribution in [0.4, 0.5) is 0 Å². The van der Waals surface area contributed by atoms with Crippen LogP contribution in [0.3, 0.4) is 0 Å². The van der Waals surface area contributed by atoms with Crippen molar-refractivity contribution >= 4 is 22.6 Å². The van der Waals surface area contributed by atoms with Crippen LogP contribution in [0.15, 0.2) is 95.6 Å². The van der Waals surface area contributed by atoms with Crippen molar-refractivity contribution in [2.24, 2.45) is 4.99 Å². The van der Waals surface area contributed by atoms with E-state index in [1.54, 1.807) is 0 Å². The minimum atomic E-state index is 0.999. The average molecular weight is 320 g/mol. The maximum absolute atomic E-state index is 4.88. The van der Waals surface area contributed by atoms with Crippen molar-refractivity contribution in [3.63, 3.8) is 0 Å². The predicted molar refractivity (Wildman–Crippen MR) is 102 cm³/mol. The van der Waals surface area contributed by atoms with Crippen LogP contribution < -0.4 is 10.6 Å². The molecule has 0 fully saturated rings. The topological polar surface area (TPSA) is 28.1 Å². The number of aromatic amines is 1. The zero-order valence-corrected chi connectivity index (χ0v) is 13.6. The summed E-state index contributed by atoms with van der Waals surface area (Å²) in [6.45, 7) is 0. The number of nitrogens with one attached hydrogen (secondary N) is 1. The second-order valence-corrected chi connectivity index (χ2v) is 6.21. The molecule has 2 heteroatoms. The molecular weight excluding hydrogens is 304 g/mol. The van der Waals surface area contributed by atoms with Gasteiger partial charge in [-0.2, -0.15) is 0 Å². The molecule has 25 heavy (non-hydrogen) atoms. The second kappa shape index (κ2) is 5.60. The number of hydrogen-bond acceptors (Lipinski definition) is 1. The molecule has 1 aliphatic heterocycles. The minimum absolute atomic E-state index is 0.999. The van der Waals surface area contributed by atoms with Gasteiger partial charge < -0.3 is 4.98 Å². The van der Waals surface area contributed by atoms with Crippen LogP contribution in [-0.4, -0.2) is 4.98 Å². The first-order valence-electron chi connectivity index (χ1n) is 8.42. The Kier molecular flexibility index (Phi) is 3.14. The van der Waals surface area contributed by atoms with Crippen molar-refractivity contribution < 1.29 is 0 Å². The van der Waals surface area contributed by atoms with E-state index < -0.39 is 0 Å². The van der Waals surface area contributed by atoms with E-state index in [9.17, 15) is 0 Å². The third-order valence-electron chi connectivity index (χ3n) is 4.59. The Balaban J connectivity index is 1.82. The molecule has 1 aromatic heterocycles. The molecule has 0 unspecified atom stereocenters. The van der Waals surface area contributed by atoms with E-state index in [1.807, 2.05) is 12.1 Å². The molecule has 0 spiro atoms. The van der Waals surface area contributed by atoms with Crippen LogP contribution in [0.5, 0.6) is 0 Å². The van der Waals surface area contributed by atoms with Gasteiger partial charge in [-0.25, -0.2) is 4.99 Å². The molecule has 0 bridgehead atoms. The number of nitrogens with zero attached hydrogens (tertiary/aromatic N) is 1. The van der Waals surface area contributed by atoms with Crippen LogP contribution in [0.25, 0.3) is 22.6 Å². The third kappa shape index (κ3) is 2.39. The fraction of sp³-hybridized carbons (Fsp3) is 0. The molecule has 118 valence electrons. The molecule has 4 aromatic rings. The molecule has 1 N–H and O–H groups in total. The lowest BCUT2D eigenvalue weighted by Gasteiger charge is -2.08. The molecule has 5 rings (SSSR count). The summed E-state index contributed by atoms with van der Waals surface area (Å²) in [5, 5.41) is 3.41. The summed E-state index contributed by atoms with van der Waals surface area (Å²) in [6, 6.07) is 29.3. The van der Waals surface area contributed by atoms with Gasteiger partial charge in [0.2, 0.25) is 0 Å². The van der Waals surface area contributed by atoms with Crippen LogP contribution in [0.2, 0.25) is 0 Å². The normalized spacial score (nSPS) is 14.7. The first-order chi connectivity index (χ1) is 12.4. The van der Waals surface area contributed by atoms with Gasteiger partial charge in [-0.05, 0) is 29.8 Å². The SMILES string of the molecule is C1=c2ccccc2=N/C1=C(\c1ccccc1)c1cc2ccccc2[nH]1. The van der Waals surface area contributed by atoms with Gasteiger partial charge in [-0.15, -0.1) is 0 Å².